The summed E-state index contributed by atoms with van der Waals surface area (Å²) in [7, 11) is 0. The van der Waals surface area contributed by atoms with Gasteiger partial charge in [0, 0.05) is 11.4 Å². The molecule has 1 aromatic carbocycles. The Morgan fingerprint density at radius 1 is 1.25 bits per heavy atom. The van der Waals surface area contributed by atoms with E-state index < -0.39 is 0 Å². The molecule has 7 heteroatoms. The third kappa shape index (κ3) is 2.82. The van der Waals surface area contributed by atoms with Gasteiger partial charge in [-0.05, 0) is 47.2 Å². The second-order valence-electron chi connectivity index (χ2n) is 5.78. The second-order valence-corrected chi connectivity index (χ2v) is 6.87. The van der Waals surface area contributed by atoms with Crippen molar-refractivity contribution in [2.45, 2.75) is 25.7 Å². The molecule has 2 aromatic heterocycles. The van der Waals surface area contributed by atoms with Crippen LogP contribution in [0, 0.1) is 0 Å². The fraction of sp³-hybridized carbons (Fsp3) is 0.294. The van der Waals surface area contributed by atoms with Crippen LogP contribution in [0.4, 0.5) is 0 Å². The molecule has 4 rings (SSSR count). The summed E-state index contributed by atoms with van der Waals surface area (Å²) in [5.74, 6) is -0.0316. The number of hydrogen-bond donors (Lipinski definition) is 1. The second kappa shape index (κ2) is 6.52. The molecule has 0 radical (unpaired) electrons. The van der Waals surface area contributed by atoms with E-state index in [2.05, 4.69) is 33.0 Å². The lowest BCUT2D eigenvalue weighted by atomic mass is 10.1. The molecule has 122 valence electrons. The molecule has 0 saturated heterocycles. The minimum atomic E-state index is -0.0316. The monoisotopic (exact) mass is 339 g/mol. The molecule has 6 nitrogen and oxygen atoms in total. The molecule has 3 aromatic rings. The summed E-state index contributed by atoms with van der Waals surface area (Å²) in [5.41, 5.74) is 3.13. The lowest BCUT2D eigenvalue weighted by molar-refractivity contribution is 0.0953. The number of amides is 1. The molecule has 1 aliphatic rings. The summed E-state index contributed by atoms with van der Waals surface area (Å²) >= 11 is 1.62. The van der Waals surface area contributed by atoms with Gasteiger partial charge in [0.05, 0.1) is 5.56 Å². The van der Waals surface area contributed by atoms with E-state index >= 15 is 0 Å². The molecule has 0 bridgehead atoms. The van der Waals surface area contributed by atoms with Crippen molar-refractivity contribution >= 4 is 17.2 Å². The van der Waals surface area contributed by atoms with Crippen molar-refractivity contribution in [1.82, 2.24) is 25.5 Å². The Morgan fingerprint density at radius 3 is 2.92 bits per heavy atom. The minimum Gasteiger partial charge on any atom is -0.352 e. The van der Waals surface area contributed by atoms with Crippen LogP contribution in [0.25, 0.3) is 5.00 Å². The van der Waals surface area contributed by atoms with Gasteiger partial charge in [-0.25, -0.2) is 0 Å². The molecular weight excluding hydrogens is 322 g/mol. The summed E-state index contributed by atoms with van der Waals surface area (Å²) in [6, 6.07) is 10.2. The van der Waals surface area contributed by atoms with Gasteiger partial charge in [0.1, 0.15) is 11.3 Å². The number of nitrogens with zero attached hydrogens (tertiary/aromatic N) is 4. The zero-order valence-corrected chi connectivity index (χ0v) is 13.9. The normalized spacial score (nSPS) is 13.0. The summed E-state index contributed by atoms with van der Waals surface area (Å²) < 4.78 is 1.59. The number of tetrazole rings is 1. The largest absolute Gasteiger partial charge is 0.352 e. The molecule has 1 amide bonds. The zero-order chi connectivity index (χ0) is 16.4. The summed E-state index contributed by atoms with van der Waals surface area (Å²) in [4.78, 5) is 14.1. The number of hydrogen-bond acceptors (Lipinski definition) is 5. The van der Waals surface area contributed by atoms with Gasteiger partial charge in [-0.1, -0.05) is 30.3 Å². The van der Waals surface area contributed by atoms with Crippen LogP contribution >= 0.6 is 11.3 Å². The van der Waals surface area contributed by atoms with Crippen LogP contribution in [0.3, 0.4) is 0 Å². The molecule has 0 unspecified atom stereocenters. The van der Waals surface area contributed by atoms with E-state index in [0.29, 0.717) is 6.54 Å². The van der Waals surface area contributed by atoms with E-state index in [-0.39, 0.29) is 5.91 Å². The van der Waals surface area contributed by atoms with Crippen molar-refractivity contribution in [3.8, 4) is 5.00 Å². The number of fused-ring (bicyclic) bond motifs is 1. The molecular formula is C17H17N5OS. The molecule has 0 spiro atoms. The highest BCUT2D eigenvalue weighted by Crippen LogP contribution is 2.37. The average molecular weight is 339 g/mol. The number of nitrogens with one attached hydrogen (secondary N) is 1. The molecule has 2 heterocycles. The van der Waals surface area contributed by atoms with E-state index in [9.17, 15) is 4.79 Å². The third-order valence-corrected chi connectivity index (χ3v) is 5.51. The summed E-state index contributed by atoms with van der Waals surface area (Å²) in [5, 5.41) is 15.2. The van der Waals surface area contributed by atoms with Crippen molar-refractivity contribution in [3.05, 3.63) is 58.2 Å². The molecule has 0 fully saturated rings. The van der Waals surface area contributed by atoms with Crippen molar-refractivity contribution in [2.24, 2.45) is 0 Å². The Balaban J connectivity index is 1.53. The van der Waals surface area contributed by atoms with Gasteiger partial charge < -0.3 is 5.32 Å². The van der Waals surface area contributed by atoms with E-state index in [0.717, 1.165) is 36.2 Å². The number of thiophene rings is 1. The first-order valence-electron chi connectivity index (χ1n) is 8.03. The van der Waals surface area contributed by atoms with Crippen LogP contribution in [-0.4, -0.2) is 32.7 Å². The Morgan fingerprint density at radius 2 is 2.12 bits per heavy atom. The van der Waals surface area contributed by atoms with Crippen LogP contribution in [0.1, 0.15) is 32.8 Å². The molecule has 1 aliphatic carbocycles. The van der Waals surface area contributed by atoms with Crippen LogP contribution < -0.4 is 5.32 Å². The van der Waals surface area contributed by atoms with Gasteiger partial charge in [0.25, 0.3) is 5.91 Å². The molecule has 0 aliphatic heterocycles. The minimum absolute atomic E-state index is 0.0316. The quantitative estimate of drug-likeness (QED) is 0.773. The van der Waals surface area contributed by atoms with Gasteiger partial charge in [-0.3, -0.25) is 4.79 Å². The number of carbonyl (C=O) groups is 1. The maximum absolute atomic E-state index is 12.8. The molecule has 1 N–H and O–H groups in total. The molecule has 24 heavy (non-hydrogen) atoms. The summed E-state index contributed by atoms with van der Waals surface area (Å²) in [6.45, 7) is 0.614. The van der Waals surface area contributed by atoms with Crippen LogP contribution in [0.2, 0.25) is 0 Å². The number of aromatic nitrogens is 4. The van der Waals surface area contributed by atoms with Gasteiger partial charge in [0.15, 0.2) is 0 Å². The van der Waals surface area contributed by atoms with Crippen molar-refractivity contribution in [1.29, 1.82) is 0 Å². The predicted octanol–water partition coefficient (Wildman–Crippen LogP) is 2.18. The molecule has 0 saturated carbocycles. The lowest BCUT2D eigenvalue weighted by Crippen LogP contribution is -2.27. The Bertz CT molecular complexity index is 842. The predicted molar refractivity (Wildman–Crippen MR) is 91.5 cm³/mol. The van der Waals surface area contributed by atoms with Crippen LogP contribution in [0.5, 0.6) is 0 Å². The number of aryl methyl sites for hydroxylation is 1. The van der Waals surface area contributed by atoms with Gasteiger partial charge in [0.2, 0.25) is 0 Å². The van der Waals surface area contributed by atoms with Crippen molar-refractivity contribution in [2.75, 3.05) is 6.54 Å². The fourth-order valence-corrected chi connectivity index (χ4v) is 4.40. The van der Waals surface area contributed by atoms with E-state index in [1.807, 2.05) is 18.2 Å². The molecule has 0 atom stereocenters. The first-order chi connectivity index (χ1) is 11.8. The lowest BCUT2D eigenvalue weighted by Gasteiger charge is -2.08. The fourth-order valence-electron chi connectivity index (χ4n) is 3.09. The Hall–Kier alpha value is -2.54. The Labute approximate surface area is 143 Å². The van der Waals surface area contributed by atoms with Crippen molar-refractivity contribution in [3.63, 3.8) is 0 Å². The topological polar surface area (TPSA) is 72.7 Å². The number of benzene rings is 1. The van der Waals surface area contributed by atoms with Crippen LogP contribution in [0.15, 0.2) is 36.7 Å². The Kier molecular flexibility index (Phi) is 4.08. The van der Waals surface area contributed by atoms with Gasteiger partial charge in [-0.2, -0.15) is 4.68 Å². The highest BCUT2D eigenvalue weighted by Gasteiger charge is 2.27. The van der Waals surface area contributed by atoms with Gasteiger partial charge >= 0.3 is 0 Å². The summed E-state index contributed by atoms with van der Waals surface area (Å²) in [6.07, 6.45) is 5.46. The third-order valence-electron chi connectivity index (χ3n) is 4.23. The highest BCUT2D eigenvalue weighted by molar-refractivity contribution is 7.15. The number of carbonyl (C=O) groups excluding carboxylic acids is 1. The SMILES string of the molecule is O=C(NCCc1ccccc1)c1c(-n2cnnn2)sc2c1CCC2. The highest BCUT2D eigenvalue weighted by atomic mass is 32.1. The van der Waals surface area contributed by atoms with E-state index in [4.69, 9.17) is 0 Å². The van der Waals surface area contributed by atoms with E-state index in [1.54, 1.807) is 22.3 Å². The van der Waals surface area contributed by atoms with Crippen LogP contribution in [-0.2, 0) is 19.3 Å². The first kappa shape index (κ1) is 15.0. The maximum atomic E-state index is 12.8. The standard InChI is InChI=1S/C17H17N5OS/c23-16(18-10-9-12-5-2-1-3-6-12)15-13-7-4-8-14(13)24-17(15)22-11-19-20-21-22/h1-3,5-6,11H,4,7-10H2,(H,18,23). The smallest absolute Gasteiger partial charge is 0.254 e. The first-order valence-corrected chi connectivity index (χ1v) is 8.84. The van der Waals surface area contributed by atoms with E-state index in [1.165, 1.54) is 16.0 Å². The zero-order valence-electron chi connectivity index (χ0n) is 13.1. The van der Waals surface area contributed by atoms with Crippen molar-refractivity contribution < 1.29 is 4.79 Å². The van der Waals surface area contributed by atoms with Gasteiger partial charge in [-0.15, -0.1) is 16.4 Å². The maximum Gasteiger partial charge on any atom is 0.254 e. The average Bonchev–Trinajstić information content (AvgIpc) is 3.31. The number of rotatable bonds is 5.